The Balaban J connectivity index is 1.81. The first-order valence-corrected chi connectivity index (χ1v) is 10.8. The molecule has 0 radical (unpaired) electrons. The Morgan fingerprint density at radius 1 is 0.765 bits per heavy atom. The summed E-state index contributed by atoms with van der Waals surface area (Å²) >= 11 is 6.14. The average molecular weight is 483 g/mol. The smallest absolute Gasteiger partial charge is 0.323 e. The van der Waals surface area contributed by atoms with Gasteiger partial charge in [0.25, 0.3) is 0 Å². The molecule has 0 spiro atoms. The van der Waals surface area contributed by atoms with E-state index in [1.165, 1.54) is 0 Å². The van der Waals surface area contributed by atoms with Crippen LogP contribution in [0.5, 0.6) is 23.0 Å². The number of carbonyl (C=O) groups is 1. The molecular formula is C26H27ClN2O5. The first kappa shape index (κ1) is 24.8. The van der Waals surface area contributed by atoms with Gasteiger partial charge in [-0.2, -0.15) is 0 Å². The van der Waals surface area contributed by atoms with Crippen molar-refractivity contribution in [2.45, 2.75) is 6.92 Å². The summed E-state index contributed by atoms with van der Waals surface area (Å²) in [5, 5.41) is 6.18. The summed E-state index contributed by atoms with van der Waals surface area (Å²) in [6, 6.07) is 14.1. The molecule has 0 aromatic heterocycles. The molecule has 3 rings (SSSR count). The van der Waals surface area contributed by atoms with Crippen molar-refractivity contribution in [1.29, 1.82) is 0 Å². The second-order valence-corrected chi connectivity index (χ2v) is 7.70. The summed E-state index contributed by atoms with van der Waals surface area (Å²) in [4.78, 5) is 12.6. The molecule has 0 atom stereocenters. The van der Waals surface area contributed by atoms with Crippen LogP contribution in [0.25, 0.3) is 12.2 Å². The number of anilines is 2. The number of urea groups is 1. The second kappa shape index (κ2) is 11.3. The van der Waals surface area contributed by atoms with Crippen molar-refractivity contribution in [3.63, 3.8) is 0 Å². The minimum Gasteiger partial charge on any atom is -0.495 e. The summed E-state index contributed by atoms with van der Waals surface area (Å²) in [6.07, 6.45) is 3.81. The average Bonchev–Trinajstić information content (AvgIpc) is 2.84. The summed E-state index contributed by atoms with van der Waals surface area (Å²) < 4.78 is 21.6. The van der Waals surface area contributed by atoms with E-state index in [0.29, 0.717) is 39.4 Å². The second-order valence-electron chi connectivity index (χ2n) is 7.29. The molecule has 0 aliphatic carbocycles. The molecule has 0 saturated carbocycles. The highest BCUT2D eigenvalue weighted by Gasteiger charge is 2.12. The zero-order chi connectivity index (χ0) is 24.7. The van der Waals surface area contributed by atoms with Crippen LogP contribution >= 0.6 is 11.6 Å². The van der Waals surface area contributed by atoms with Crippen molar-refractivity contribution < 1.29 is 23.7 Å². The molecule has 0 fully saturated rings. The zero-order valence-electron chi connectivity index (χ0n) is 19.7. The van der Waals surface area contributed by atoms with E-state index < -0.39 is 6.03 Å². The molecule has 0 heterocycles. The minimum absolute atomic E-state index is 0.413. The number of benzene rings is 3. The predicted molar refractivity (Wildman–Crippen MR) is 137 cm³/mol. The maximum absolute atomic E-state index is 12.6. The van der Waals surface area contributed by atoms with Gasteiger partial charge in [0, 0.05) is 10.7 Å². The first-order chi connectivity index (χ1) is 16.4. The number of amides is 2. The third-order valence-electron chi connectivity index (χ3n) is 5.06. The van der Waals surface area contributed by atoms with Gasteiger partial charge < -0.3 is 29.6 Å². The van der Waals surface area contributed by atoms with Crippen LogP contribution in [0.2, 0.25) is 5.02 Å². The van der Waals surface area contributed by atoms with E-state index in [2.05, 4.69) is 10.6 Å². The van der Waals surface area contributed by atoms with E-state index in [4.69, 9.17) is 30.5 Å². The molecule has 34 heavy (non-hydrogen) atoms. The quantitative estimate of drug-likeness (QED) is 0.358. The maximum atomic E-state index is 12.6. The normalized spacial score (nSPS) is 10.6. The van der Waals surface area contributed by atoms with Crippen LogP contribution < -0.4 is 29.6 Å². The zero-order valence-corrected chi connectivity index (χ0v) is 20.4. The van der Waals surface area contributed by atoms with Crippen LogP contribution in [-0.2, 0) is 0 Å². The molecule has 178 valence electrons. The Morgan fingerprint density at radius 2 is 1.41 bits per heavy atom. The lowest BCUT2D eigenvalue weighted by atomic mass is 10.1. The largest absolute Gasteiger partial charge is 0.495 e. The molecule has 3 aromatic carbocycles. The Hall–Kier alpha value is -3.84. The van der Waals surface area contributed by atoms with Crippen molar-refractivity contribution in [2.24, 2.45) is 0 Å². The van der Waals surface area contributed by atoms with Crippen molar-refractivity contribution in [2.75, 3.05) is 39.1 Å². The van der Waals surface area contributed by atoms with Gasteiger partial charge in [-0.15, -0.1) is 0 Å². The summed E-state index contributed by atoms with van der Waals surface area (Å²) in [6.45, 7) is 1.90. The van der Waals surface area contributed by atoms with E-state index in [0.717, 1.165) is 16.7 Å². The van der Waals surface area contributed by atoms with Gasteiger partial charge in [-0.25, -0.2) is 4.79 Å². The van der Waals surface area contributed by atoms with Gasteiger partial charge in [-0.1, -0.05) is 35.9 Å². The Kier molecular flexibility index (Phi) is 8.27. The van der Waals surface area contributed by atoms with Crippen molar-refractivity contribution in [3.05, 3.63) is 70.2 Å². The molecule has 0 aliphatic heterocycles. The van der Waals surface area contributed by atoms with Crippen LogP contribution in [0.1, 0.15) is 16.7 Å². The molecule has 0 unspecified atom stereocenters. The molecule has 3 aromatic rings. The van der Waals surface area contributed by atoms with Gasteiger partial charge in [0.1, 0.15) is 5.75 Å². The summed E-state index contributed by atoms with van der Waals surface area (Å²) in [5.74, 6) is 2.18. The Morgan fingerprint density at radius 3 is 2.00 bits per heavy atom. The van der Waals surface area contributed by atoms with Crippen molar-refractivity contribution in [3.8, 4) is 23.0 Å². The highest BCUT2D eigenvalue weighted by molar-refractivity contribution is 6.31. The minimum atomic E-state index is -0.413. The van der Waals surface area contributed by atoms with Crippen LogP contribution in [-0.4, -0.2) is 34.5 Å². The lowest BCUT2D eigenvalue weighted by Gasteiger charge is -2.13. The fraction of sp³-hybridized carbons (Fsp3) is 0.192. The maximum Gasteiger partial charge on any atom is 0.323 e. The Bertz CT molecular complexity index is 1180. The molecule has 0 bridgehead atoms. The molecular weight excluding hydrogens is 456 g/mol. The lowest BCUT2D eigenvalue weighted by Crippen LogP contribution is -2.19. The van der Waals surface area contributed by atoms with Crippen LogP contribution in [0.15, 0.2) is 48.5 Å². The number of hydrogen-bond donors (Lipinski definition) is 2. The predicted octanol–water partition coefficient (Wildman–Crippen LogP) is 6.50. The van der Waals surface area contributed by atoms with E-state index in [1.807, 2.05) is 49.4 Å². The van der Waals surface area contributed by atoms with E-state index in [9.17, 15) is 4.79 Å². The van der Waals surface area contributed by atoms with Crippen molar-refractivity contribution in [1.82, 2.24) is 0 Å². The molecule has 2 amide bonds. The summed E-state index contributed by atoms with van der Waals surface area (Å²) in [5.41, 5.74) is 3.74. The highest BCUT2D eigenvalue weighted by atomic mass is 35.5. The van der Waals surface area contributed by atoms with Crippen molar-refractivity contribution >= 4 is 41.2 Å². The molecule has 7 nitrogen and oxygen atoms in total. The number of rotatable bonds is 8. The molecule has 0 aliphatic rings. The number of aryl methyl sites for hydroxylation is 1. The topological polar surface area (TPSA) is 78.1 Å². The van der Waals surface area contributed by atoms with Crippen LogP contribution in [0.3, 0.4) is 0 Å². The van der Waals surface area contributed by atoms with Crippen LogP contribution in [0, 0.1) is 6.92 Å². The van der Waals surface area contributed by atoms with Gasteiger partial charge in [-0.3, -0.25) is 0 Å². The van der Waals surface area contributed by atoms with Gasteiger partial charge in [-0.05, 0) is 60.0 Å². The monoisotopic (exact) mass is 482 g/mol. The number of carbonyl (C=O) groups excluding carboxylic acids is 1. The number of methoxy groups -OCH3 is 4. The SMILES string of the molecule is COc1ccc(/C=C\c2cc(OC)c(OC)c(OC)c2)cc1NC(=O)Nc1ccc(C)c(Cl)c1. The fourth-order valence-corrected chi connectivity index (χ4v) is 3.45. The first-order valence-electron chi connectivity index (χ1n) is 10.4. The number of nitrogens with one attached hydrogen (secondary N) is 2. The number of halogens is 1. The Labute approximate surface area is 204 Å². The molecule has 2 N–H and O–H groups in total. The van der Waals surface area contributed by atoms with Crippen LogP contribution in [0.4, 0.5) is 16.2 Å². The standard InChI is InChI=1S/C26H27ClN2O5/c1-16-6-10-19(15-20(16)27)28-26(30)29-21-12-17(9-11-22(21)31-2)7-8-18-13-23(32-3)25(34-5)24(14-18)33-4/h6-15H,1-5H3,(H2,28,29,30)/b8-7-. The number of hydrogen-bond acceptors (Lipinski definition) is 5. The third kappa shape index (κ3) is 5.94. The number of ether oxygens (including phenoxy) is 4. The van der Waals surface area contributed by atoms with E-state index in [-0.39, 0.29) is 0 Å². The third-order valence-corrected chi connectivity index (χ3v) is 5.46. The molecule has 8 heteroatoms. The summed E-state index contributed by atoms with van der Waals surface area (Å²) in [7, 11) is 6.25. The van der Waals surface area contributed by atoms with E-state index >= 15 is 0 Å². The lowest BCUT2D eigenvalue weighted by molar-refractivity contribution is 0.262. The van der Waals surface area contributed by atoms with E-state index in [1.54, 1.807) is 46.6 Å². The highest BCUT2D eigenvalue weighted by Crippen LogP contribution is 2.38. The fourth-order valence-electron chi connectivity index (χ4n) is 3.27. The van der Waals surface area contributed by atoms with Gasteiger partial charge in [0.15, 0.2) is 11.5 Å². The van der Waals surface area contributed by atoms with Gasteiger partial charge >= 0.3 is 6.03 Å². The molecule has 0 saturated heterocycles. The van der Waals surface area contributed by atoms with Gasteiger partial charge in [0.05, 0.1) is 34.1 Å². The van der Waals surface area contributed by atoms with Gasteiger partial charge in [0.2, 0.25) is 5.75 Å².